The summed E-state index contributed by atoms with van der Waals surface area (Å²) < 4.78 is 11.3. The van der Waals surface area contributed by atoms with E-state index in [4.69, 9.17) is 8.85 Å². The molecule has 3 nitrogen and oxygen atoms in total. The molecular formula is C9H21NO2Si. The van der Waals surface area contributed by atoms with E-state index in [1.165, 1.54) is 12.8 Å². The minimum Gasteiger partial charge on any atom is -0.397 e. The van der Waals surface area contributed by atoms with Crippen LogP contribution in [0.25, 0.3) is 0 Å². The summed E-state index contributed by atoms with van der Waals surface area (Å²) >= 11 is 0. The fourth-order valence-corrected chi connectivity index (χ4v) is 5.31. The molecule has 1 aliphatic rings. The second-order valence-corrected chi connectivity index (χ2v) is 7.58. The van der Waals surface area contributed by atoms with Crippen molar-refractivity contribution in [1.82, 2.24) is 5.32 Å². The van der Waals surface area contributed by atoms with E-state index >= 15 is 0 Å². The molecule has 0 saturated carbocycles. The molecule has 1 aliphatic heterocycles. The maximum Gasteiger partial charge on any atom is 0.341 e. The predicted octanol–water partition coefficient (Wildman–Crippen LogP) is 1.49. The van der Waals surface area contributed by atoms with Crippen LogP contribution in [0.1, 0.15) is 19.8 Å². The number of nitrogens with one attached hydrogen (secondary N) is 1. The van der Waals surface area contributed by atoms with E-state index in [0.29, 0.717) is 5.54 Å². The van der Waals surface area contributed by atoms with Crippen molar-refractivity contribution < 1.29 is 8.85 Å². The third-order valence-corrected chi connectivity index (χ3v) is 7.21. The molecule has 4 heteroatoms. The average Bonchev–Trinajstić information content (AvgIpc) is 2.23. The lowest BCUT2D eigenvalue weighted by atomic mass is 10.2. The van der Waals surface area contributed by atoms with Crippen molar-refractivity contribution in [3.8, 4) is 0 Å². The Morgan fingerprint density at radius 2 is 2.08 bits per heavy atom. The molecule has 1 atom stereocenters. The fourth-order valence-electron chi connectivity index (χ4n) is 2.22. The van der Waals surface area contributed by atoms with E-state index in [0.717, 1.165) is 19.1 Å². The van der Waals surface area contributed by atoms with Crippen LogP contribution in [0.2, 0.25) is 11.6 Å². The second kappa shape index (κ2) is 5.10. The Morgan fingerprint density at radius 3 is 2.46 bits per heavy atom. The van der Waals surface area contributed by atoms with Crippen LogP contribution in [-0.4, -0.2) is 35.9 Å². The lowest BCUT2D eigenvalue weighted by Gasteiger charge is -2.36. The minimum absolute atomic E-state index is 0.626. The second-order valence-electron chi connectivity index (χ2n) is 3.62. The zero-order valence-corrected chi connectivity index (χ0v) is 9.93. The highest BCUT2D eigenvalue weighted by atomic mass is 28.4. The Balaban J connectivity index is 2.60. The first kappa shape index (κ1) is 11.2. The number of rotatable bonds is 4. The SMILES string of the molecule is CC[Si](OC)(OC)C1CCCNC1. The van der Waals surface area contributed by atoms with E-state index < -0.39 is 8.56 Å². The Morgan fingerprint density at radius 1 is 1.38 bits per heavy atom. The van der Waals surface area contributed by atoms with Crippen molar-refractivity contribution in [3.63, 3.8) is 0 Å². The summed E-state index contributed by atoms with van der Waals surface area (Å²) in [7, 11) is 1.72. The van der Waals surface area contributed by atoms with Gasteiger partial charge in [0.2, 0.25) is 0 Å². The Labute approximate surface area is 82.1 Å². The highest BCUT2D eigenvalue weighted by molar-refractivity contribution is 6.69. The molecule has 1 heterocycles. The molecule has 0 aromatic heterocycles. The van der Waals surface area contributed by atoms with E-state index in [2.05, 4.69) is 12.2 Å². The van der Waals surface area contributed by atoms with Crippen molar-refractivity contribution in [1.29, 1.82) is 0 Å². The van der Waals surface area contributed by atoms with Crippen molar-refractivity contribution >= 4 is 8.56 Å². The minimum atomic E-state index is -1.88. The summed E-state index contributed by atoms with van der Waals surface area (Å²) in [5, 5.41) is 3.42. The maximum atomic E-state index is 5.65. The lowest BCUT2D eigenvalue weighted by Crippen LogP contribution is -2.49. The number of piperidine rings is 1. The van der Waals surface area contributed by atoms with Gasteiger partial charge >= 0.3 is 8.56 Å². The van der Waals surface area contributed by atoms with E-state index in [9.17, 15) is 0 Å². The van der Waals surface area contributed by atoms with Crippen LogP contribution in [-0.2, 0) is 8.85 Å². The summed E-state index contributed by atoms with van der Waals surface area (Å²) in [6, 6.07) is 1.05. The molecule has 0 aromatic rings. The first-order chi connectivity index (χ1) is 6.29. The summed E-state index contributed by atoms with van der Waals surface area (Å²) in [5.74, 6) is 0. The first-order valence-electron chi connectivity index (χ1n) is 5.10. The zero-order valence-electron chi connectivity index (χ0n) is 8.93. The molecular weight excluding hydrogens is 182 g/mol. The Hall–Kier alpha value is 0.0969. The van der Waals surface area contributed by atoms with Crippen LogP contribution in [0.3, 0.4) is 0 Å². The Kier molecular flexibility index (Phi) is 4.38. The first-order valence-corrected chi connectivity index (χ1v) is 7.20. The largest absolute Gasteiger partial charge is 0.397 e. The quantitative estimate of drug-likeness (QED) is 0.702. The van der Waals surface area contributed by atoms with Gasteiger partial charge in [-0.25, -0.2) is 0 Å². The van der Waals surface area contributed by atoms with Crippen LogP contribution >= 0.6 is 0 Å². The summed E-state index contributed by atoms with van der Waals surface area (Å²) in [6.07, 6.45) is 2.51. The average molecular weight is 203 g/mol. The van der Waals surface area contributed by atoms with Gasteiger partial charge in [-0.2, -0.15) is 0 Å². The standard InChI is InChI=1S/C9H21NO2Si/c1-4-13(11-2,12-3)9-6-5-7-10-8-9/h9-10H,4-8H2,1-3H3. The Bertz CT molecular complexity index is 136. The summed E-state index contributed by atoms with van der Waals surface area (Å²) in [5.41, 5.74) is 0.626. The zero-order chi connectivity index (χ0) is 9.73. The molecule has 0 aromatic carbocycles. The highest BCUT2D eigenvalue weighted by Crippen LogP contribution is 2.32. The lowest BCUT2D eigenvalue weighted by molar-refractivity contribution is 0.220. The predicted molar refractivity (Wildman–Crippen MR) is 56.1 cm³/mol. The van der Waals surface area contributed by atoms with E-state index in [-0.39, 0.29) is 0 Å². The van der Waals surface area contributed by atoms with Crippen molar-refractivity contribution in [2.45, 2.75) is 31.4 Å². The van der Waals surface area contributed by atoms with Crippen molar-refractivity contribution in [2.75, 3.05) is 27.3 Å². The highest BCUT2D eigenvalue weighted by Gasteiger charge is 2.42. The monoisotopic (exact) mass is 203 g/mol. The van der Waals surface area contributed by atoms with Crippen molar-refractivity contribution in [3.05, 3.63) is 0 Å². The van der Waals surface area contributed by atoms with Gasteiger partial charge in [-0.15, -0.1) is 0 Å². The molecule has 0 bridgehead atoms. The third-order valence-electron chi connectivity index (χ3n) is 3.10. The van der Waals surface area contributed by atoms with Gasteiger partial charge in [-0.05, 0) is 32.0 Å². The number of hydrogen-bond donors (Lipinski definition) is 1. The molecule has 1 unspecified atom stereocenters. The van der Waals surface area contributed by atoms with Crippen molar-refractivity contribution in [2.24, 2.45) is 0 Å². The fraction of sp³-hybridized carbons (Fsp3) is 1.00. The van der Waals surface area contributed by atoms with Gasteiger partial charge in [0.15, 0.2) is 0 Å². The van der Waals surface area contributed by atoms with Gasteiger partial charge in [-0.1, -0.05) is 6.92 Å². The molecule has 1 saturated heterocycles. The normalized spacial score (nSPS) is 24.7. The van der Waals surface area contributed by atoms with Gasteiger partial charge in [-0.3, -0.25) is 0 Å². The summed E-state index contributed by atoms with van der Waals surface area (Å²) in [6.45, 7) is 4.40. The van der Waals surface area contributed by atoms with Gasteiger partial charge in [0.25, 0.3) is 0 Å². The van der Waals surface area contributed by atoms with E-state index in [1.807, 2.05) is 0 Å². The van der Waals surface area contributed by atoms with Crippen LogP contribution in [0, 0.1) is 0 Å². The number of hydrogen-bond acceptors (Lipinski definition) is 3. The summed E-state index contributed by atoms with van der Waals surface area (Å²) in [4.78, 5) is 0. The van der Waals surface area contributed by atoms with Crippen LogP contribution in [0.15, 0.2) is 0 Å². The molecule has 0 amide bonds. The maximum absolute atomic E-state index is 5.65. The van der Waals surface area contributed by atoms with Gasteiger partial charge in [0.1, 0.15) is 0 Å². The third kappa shape index (κ3) is 2.31. The molecule has 78 valence electrons. The molecule has 1 rings (SSSR count). The van der Waals surface area contributed by atoms with E-state index in [1.54, 1.807) is 14.2 Å². The molecule has 0 spiro atoms. The molecule has 0 radical (unpaired) electrons. The smallest absolute Gasteiger partial charge is 0.341 e. The molecule has 0 aliphatic carbocycles. The molecule has 1 N–H and O–H groups in total. The van der Waals surface area contributed by atoms with Crippen LogP contribution in [0.4, 0.5) is 0 Å². The van der Waals surface area contributed by atoms with Gasteiger partial charge < -0.3 is 14.2 Å². The van der Waals surface area contributed by atoms with Gasteiger partial charge in [0.05, 0.1) is 0 Å². The van der Waals surface area contributed by atoms with Crippen LogP contribution < -0.4 is 5.32 Å². The molecule has 13 heavy (non-hydrogen) atoms. The van der Waals surface area contributed by atoms with Gasteiger partial charge in [0, 0.05) is 19.8 Å². The van der Waals surface area contributed by atoms with Crippen LogP contribution in [0.5, 0.6) is 0 Å². The topological polar surface area (TPSA) is 30.5 Å². The molecule has 1 fully saturated rings.